The molecule has 0 aromatic heterocycles. The molecule has 0 amide bonds. The third-order valence-electron chi connectivity index (χ3n) is 4.28. The number of hydrogen-bond acceptors (Lipinski definition) is 4. The van der Waals surface area contributed by atoms with E-state index in [4.69, 9.17) is 10.2 Å². The summed E-state index contributed by atoms with van der Waals surface area (Å²) in [5.41, 5.74) is 0.524. The summed E-state index contributed by atoms with van der Waals surface area (Å²) in [6.45, 7) is 0.735. The molecular formula is C16H22N2O4. The van der Waals surface area contributed by atoms with Crippen LogP contribution in [0.25, 0.3) is 0 Å². The molecule has 0 radical (unpaired) electrons. The Morgan fingerprint density at radius 3 is 2.05 bits per heavy atom. The Balaban J connectivity index is 2.00. The quantitative estimate of drug-likeness (QED) is 0.643. The highest BCUT2D eigenvalue weighted by atomic mass is 16.4. The van der Waals surface area contributed by atoms with Gasteiger partial charge in [0.25, 0.3) is 0 Å². The second-order valence-corrected chi connectivity index (χ2v) is 5.80. The zero-order chi connectivity index (χ0) is 16.1. The predicted octanol–water partition coefficient (Wildman–Crippen LogP) is 2.27. The van der Waals surface area contributed by atoms with E-state index >= 15 is 0 Å². The van der Waals surface area contributed by atoms with Crippen molar-refractivity contribution in [3.8, 4) is 0 Å². The van der Waals surface area contributed by atoms with Crippen LogP contribution in [0.5, 0.6) is 0 Å². The number of anilines is 1. The zero-order valence-electron chi connectivity index (χ0n) is 12.6. The maximum atomic E-state index is 11.1. The summed E-state index contributed by atoms with van der Waals surface area (Å²) in [6.07, 6.45) is 4.50. The van der Waals surface area contributed by atoms with Gasteiger partial charge < -0.3 is 20.8 Å². The minimum Gasteiger partial charge on any atom is -0.478 e. The number of hydrogen-bond donors (Lipinski definition) is 4. The first-order valence-electron chi connectivity index (χ1n) is 7.52. The van der Waals surface area contributed by atoms with E-state index in [1.807, 2.05) is 7.05 Å². The Hall–Kier alpha value is -2.08. The summed E-state index contributed by atoms with van der Waals surface area (Å²) in [6, 6.07) is 4.72. The third-order valence-corrected chi connectivity index (χ3v) is 4.28. The Morgan fingerprint density at radius 1 is 1.05 bits per heavy atom. The van der Waals surface area contributed by atoms with Gasteiger partial charge in [-0.1, -0.05) is 0 Å². The average molecular weight is 306 g/mol. The first-order chi connectivity index (χ1) is 10.5. The molecule has 0 unspecified atom stereocenters. The number of carboxylic acid groups (broad SMARTS) is 2. The van der Waals surface area contributed by atoms with Gasteiger partial charge in [-0.3, -0.25) is 0 Å². The van der Waals surface area contributed by atoms with Crippen LogP contribution in [0.3, 0.4) is 0 Å². The van der Waals surface area contributed by atoms with E-state index in [9.17, 15) is 9.59 Å². The molecule has 1 aliphatic rings. The van der Waals surface area contributed by atoms with E-state index in [1.54, 1.807) is 0 Å². The largest absolute Gasteiger partial charge is 0.478 e. The van der Waals surface area contributed by atoms with Crippen LogP contribution in [-0.4, -0.2) is 41.8 Å². The van der Waals surface area contributed by atoms with E-state index in [-0.39, 0.29) is 11.1 Å². The molecule has 0 saturated heterocycles. The fourth-order valence-corrected chi connectivity index (χ4v) is 2.89. The van der Waals surface area contributed by atoms with Crippen LogP contribution in [0.2, 0.25) is 0 Å². The van der Waals surface area contributed by atoms with E-state index < -0.39 is 11.9 Å². The molecule has 0 bridgehead atoms. The molecule has 4 N–H and O–H groups in total. The molecule has 1 aromatic carbocycles. The average Bonchev–Trinajstić information content (AvgIpc) is 2.53. The maximum absolute atomic E-state index is 11.1. The van der Waals surface area contributed by atoms with Crippen LogP contribution in [0, 0.1) is 5.92 Å². The Kier molecular flexibility index (Phi) is 5.38. The minimum absolute atomic E-state index is 0.0127. The number of carbonyl (C=O) groups is 2. The van der Waals surface area contributed by atoms with Gasteiger partial charge in [0.1, 0.15) is 0 Å². The van der Waals surface area contributed by atoms with E-state index in [0.717, 1.165) is 32.2 Å². The molecule has 0 spiro atoms. The van der Waals surface area contributed by atoms with Gasteiger partial charge in [-0.25, -0.2) is 9.59 Å². The molecule has 0 heterocycles. The first-order valence-corrected chi connectivity index (χ1v) is 7.52. The van der Waals surface area contributed by atoms with Gasteiger partial charge in [0.2, 0.25) is 0 Å². The standard InChI is InChI=1S/C16H22N2O4/c1-17-13-4-2-10(3-5-13)9-18-14-7-11(15(19)20)6-12(8-14)16(21)22/h6-8,10,13,17-18H,2-5,9H2,1H3,(H,19,20)(H,21,22). The predicted molar refractivity (Wildman–Crippen MR) is 83.7 cm³/mol. The van der Waals surface area contributed by atoms with Gasteiger partial charge in [0, 0.05) is 18.3 Å². The Labute approximate surface area is 129 Å². The highest BCUT2D eigenvalue weighted by molar-refractivity contribution is 5.95. The number of aromatic carboxylic acids is 2. The lowest BCUT2D eigenvalue weighted by Gasteiger charge is -2.28. The molecule has 0 aliphatic heterocycles. The molecule has 1 saturated carbocycles. The van der Waals surface area contributed by atoms with Crippen molar-refractivity contribution >= 4 is 17.6 Å². The van der Waals surface area contributed by atoms with Crippen LogP contribution >= 0.6 is 0 Å². The van der Waals surface area contributed by atoms with Crippen molar-refractivity contribution in [1.82, 2.24) is 5.32 Å². The van der Waals surface area contributed by atoms with E-state index in [2.05, 4.69) is 10.6 Å². The van der Waals surface area contributed by atoms with Gasteiger partial charge in [-0.15, -0.1) is 0 Å². The van der Waals surface area contributed by atoms with Crippen LogP contribution < -0.4 is 10.6 Å². The lowest BCUT2D eigenvalue weighted by atomic mass is 9.86. The van der Waals surface area contributed by atoms with Crippen molar-refractivity contribution in [3.63, 3.8) is 0 Å². The smallest absolute Gasteiger partial charge is 0.335 e. The summed E-state index contributed by atoms with van der Waals surface area (Å²) >= 11 is 0. The second-order valence-electron chi connectivity index (χ2n) is 5.80. The van der Waals surface area contributed by atoms with Crippen LogP contribution in [0.4, 0.5) is 5.69 Å². The summed E-state index contributed by atoms with van der Waals surface area (Å²) in [5, 5.41) is 24.6. The van der Waals surface area contributed by atoms with Gasteiger partial charge in [0.05, 0.1) is 11.1 Å². The summed E-state index contributed by atoms with van der Waals surface area (Å²) in [7, 11) is 1.98. The third kappa shape index (κ3) is 4.21. The van der Waals surface area contributed by atoms with E-state index in [1.165, 1.54) is 18.2 Å². The van der Waals surface area contributed by atoms with Gasteiger partial charge in [0.15, 0.2) is 0 Å². The minimum atomic E-state index is -1.12. The summed E-state index contributed by atoms with van der Waals surface area (Å²) in [5.74, 6) is -1.72. The van der Waals surface area contributed by atoms with Crippen molar-refractivity contribution in [3.05, 3.63) is 29.3 Å². The number of rotatable bonds is 6. The highest BCUT2D eigenvalue weighted by Crippen LogP contribution is 2.25. The second kappa shape index (κ2) is 7.26. The number of nitrogens with one attached hydrogen (secondary N) is 2. The number of benzene rings is 1. The topological polar surface area (TPSA) is 98.7 Å². The van der Waals surface area contributed by atoms with Crippen molar-refractivity contribution < 1.29 is 19.8 Å². The molecule has 22 heavy (non-hydrogen) atoms. The molecule has 1 aromatic rings. The van der Waals surface area contributed by atoms with Crippen molar-refractivity contribution in [2.45, 2.75) is 31.7 Å². The van der Waals surface area contributed by atoms with Crippen molar-refractivity contribution in [1.29, 1.82) is 0 Å². The van der Waals surface area contributed by atoms with Crippen LogP contribution in [0.1, 0.15) is 46.4 Å². The molecule has 1 aliphatic carbocycles. The lowest BCUT2D eigenvalue weighted by molar-refractivity contribution is 0.0696. The van der Waals surface area contributed by atoms with Gasteiger partial charge >= 0.3 is 11.9 Å². The Morgan fingerprint density at radius 2 is 1.59 bits per heavy atom. The molecule has 1 fully saturated rings. The summed E-state index contributed by atoms with van der Waals surface area (Å²) in [4.78, 5) is 22.2. The maximum Gasteiger partial charge on any atom is 0.335 e. The van der Waals surface area contributed by atoms with E-state index in [0.29, 0.717) is 17.6 Å². The number of carboxylic acids is 2. The van der Waals surface area contributed by atoms with Crippen molar-refractivity contribution in [2.75, 3.05) is 18.9 Å². The van der Waals surface area contributed by atoms with Gasteiger partial charge in [-0.2, -0.15) is 0 Å². The summed E-state index contributed by atoms with van der Waals surface area (Å²) < 4.78 is 0. The van der Waals surface area contributed by atoms with Crippen LogP contribution in [0.15, 0.2) is 18.2 Å². The van der Waals surface area contributed by atoms with Crippen LogP contribution in [-0.2, 0) is 0 Å². The SMILES string of the molecule is CNC1CCC(CNc2cc(C(=O)O)cc(C(=O)O)c2)CC1. The molecule has 6 nitrogen and oxygen atoms in total. The highest BCUT2D eigenvalue weighted by Gasteiger charge is 2.20. The molecule has 6 heteroatoms. The first kappa shape index (κ1) is 16.3. The van der Waals surface area contributed by atoms with Crippen molar-refractivity contribution in [2.24, 2.45) is 5.92 Å². The normalized spacial score (nSPS) is 21.3. The van der Waals surface area contributed by atoms with Gasteiger partial charge in [-0.05, 0) is 56.8 Å². The molecule has 0 atom stereocenters. The molecular weight excluding hydrogens is 284 g/mol. The molecule has 120 valence electrons. The fourth-order valence-electron chi connectivity index (χ4n) is 2.89. The lowest BCUT2D eigenvalue weighted by Crippen LogP contribution is -2.32. The Bertz CT molecular complexity index is 519. The molecule has 2 rings (SSSR count). The monoisotopic (exact) mass is 306 g/mol. The fraction of sp³-hybridized carbons (Fsp3) is 0.500. The zero-order valence-corrected chi connectivity index (χ0v) is 12.6.